The number of likely N-dealkylation sites (tertiary alicyclic amines) is 1. The van der Waals surface area contributed by atoms with Crippen molar-refractivity contribution >= 4 is 17.6 Å². The molecular formula is C24H29FN4O2. The molecule has 2 aromatic rings. The van der Waals surface area contributed by atoms with Crippen molar-refractivity contribution in [3.63, 3.8) is 0 Å². The molecule has 2 amide bonds. The van der Waals surface area contributed by atoms with E-state index in [1.54, 1.807) is 17.0 Å². The molecule has 3 heterocycles. The summed E-state index contributed by atoms with van der Waals surface area (Å²) < 4.78 is 13.2. The van der Waals surface area contributed by atoms with Gasteiger partial charge in [0.1, 0.15) is 17.5 Å². The fourth-order valence-corrected chi connectivity index (χ4v) is 4.55. The lowest BCUT2D eigenvalue weighted by Crippen LogP contribution is -2.40. The topological polar surface area (TPSA) is 66.4 Å². The number of carbonyl (C=O) groups is 2. The molecule has 0 saturated carbocycles. The zero-order valence-electron chi connectivity index (χ0n) is 18.2. The van der Waals surface area contributed by atoms with Crippen LogP contribution in [-0.4, -0.2) is 46.3 Å². The number of aryl methyl sites for hydroxylation is 1. The van der Waals surface area contributed by atoms with Gasteiger partial charge in [-0.05, 0) is 50.3 Å². The van der Waals surface area contributed by atoms with E-state index in [1.807, 2.05) is 18.7 Å². The van der Waals surface area contributed by atoms with Crippen molar-refractivity contribution in [1.82, 2.24) is 14.9 Å². The lowest BCUT2D eigenvalue weighted by molar-refractivity contribution is -0.132. The fourth-order valence-electron chi connectivity index (χ4n) is 4.55. The van der Waals surface area contributed by atoms with Gasteiger partial charge in [-0.1, -0.05) is 19.1 Å². The first-order valence-corrected chi connectivity index (χ1v) is 11.2. The van der Waals surface area contributed by atoms with Crippen molar-refractivity contribution in [2.45, 2.75) is 58.3 Å². The molecule has 0 spiro atoms. The Hall–Kier alpha value is -2.83. The van der Waals surface area contributed by atoms with Gasteiger partial charge in [0, 0.05) is 49.7 Å². The molecule has 7 heteroatoms. The summed E-state index contributed by atoms with van der Waals surface area (Å²) in [7, 11) is 0. The maximum atomic E-state index is 13.2. The van der Waals surface area contributed by atoms with Gasteiger partial charge >= 0.3 is 0 Å². The summed E-state index contributed by atoms with van der Waals surface area (Å²) >= 11 is 0. The molecule has 0 aliphatic carbocycles. The standard InChI is InChI=1S/C24H29FN4O2/c1-3-21(30)28-13-4-5-18(15-28)23-26-16(2)20-10-11-22(31)29(24(20)27-23)14-12-17-6-8-19(25)9-7-17/h6-9,18H,3-5,10-15H2,1-2H3/t18-/m1/s1. The molecule has 0 unspecified atom stereocenters. The average molecular weight is 425 g/mol. The number of aromatic nitrogens is 2. The van der Waals surface area contributed by atoms with Crippen molar-refractivity contribution in [2.75, 3.05) is 24.5 Å². The van der Waals surface area contributed by atoms with Crippen LogP contribution in [-0.2, 0) is 22.4 Å². The Morgan fingerprint density at radius 2 is 1.97 bits per heavy atom. The number of carbonyl (C=O) groups excluding carboxylic acids is 2. The number of fused-ring (bicyclic) bond motifs is 1. The van der Waals surface area contributed by atoms with Gasteiger partial charge in [-0.15, -0.1) is 0 Å². The van der Waals surface area contributed by atoms with E-state index in [9.17, 15) is 14.0 Å². The third-order valence-corrected chi connectivity index (χ3v) is 6.33. The zero-order chi connectivity index (χ0) is 22.0. The molecule has 2 aliphatic heterocycles. The number of hydrogen-bond acceptors (Lipinski definition) is 4. The highest BCUT2D eigenvalue weighted by atomic mass is 19.1. The Bertz CT molecular complexity index is 976. The van der Waals surface area contributed by atoms with E-state index >= 15 is 0 Å². The third-order valence-electron chi connectivity index (χ3n) is 6.33. The van der Waals surface area contributed by atoms with Crippen LogP contribution in [0.4, 0.5) is 10.2 Å². The predicted octanol–water partition coefficient (Wildman–Crippen LogP) is 3.56. The maximum Gasteiger partial charge on any atom is 0.228 e. The van der Waals surface area contributed by atoms with Gasteiger partial charge in [0.25, 0.3) is 0 Å². The second kappa shape index (κ2) is 9.12. The summed E-state index contributed by atoms with van der Waals surface area (Å²) in [5.74, 6) is 1.48. The van der Waals surface area contributed by atoms with Crippen LogP contribution in [0.15, 0.2) is 24.3 Å². The van der Waals surface area contributed by atoms with Gasteiger partial charge in [0.2, 0.25) is 11.8 Å². The minimum absolute atomic E-state index is 0.0603. The molecule has 1 saturated heterocycles. The van der Waals surface area contributed by atoms with Gasteiger partial charge in [0.05, 0.1) is 0 Å². The maximum absolute atomic E-state index is 13.2. The molecule has 0 radical (unpaired) electrons. The Morgan fingerprint density at radius 1 is 1.19 bits per heavy atom. The van der Waals surface area contributed by atoms with Crippen LogP contribution < -0.4 is 4.90 Å². The van der Waals surface area contributed by atoms with E-state index in [-0.39, 0.29) is 23.5 Å². The Kier molecular flexibility index (Phi) is 6.30. The molecule has 31 heavy (non-hydrogen) atoms. The fraction of sp³-hybridized carbons (Fsp3) is 0.500. The molecule has 0 N–H and O–H groups in total. The number of anilines is 1. The number of amides is 2. The molecular weight excluding hydrogens is 395 g/mol. The lowest BCUT2D eigenvalue weighted by atomic mass is 9.95. The largest absolute Gasteiger partial charge is 0.342 e. The molecule has 1 aromatic heterocycles. The summed E-state index contributed by atoms with van der Waals surface area (Å²) in [6.07, 6.45) is 4.10. The molecule has 164 valence electrons. The summed E-state index contributed by atoms with van der Waals surface area (Å²) in [5.41, 5.74) is 2.92. The van der Waals surface area contributed by atoms with E-state index in [2.05, 4.69) is 0 Å². The first kappa shape index (κ1) is 21.4. The highest BCUT2D eigenvalue weighted by Gasteiger charge is 2.31. The summed E-state index contributed by atoms with van der Waals surface area (Å²) in [4.78, 5) is 38.3. The van der Waals surface area contributed by atoms with Crippen LogP contribution in [0.2, 0.25) is 0 Å². The van der Waals surface area contributed by atoms with Crippen LogP contribution >= 0.6 is 0 Å². The van der Waals surface area contributed by atoms with Gasteiger partial charge in [0.15, 0.2) is 0 Å². The third kappa shape index (κ3) is 4.60. The van der Waals surface area contributed by atoms with Crippen molar-refractivity contribution in [3.05, 3.63) is 52.7 Å². The molecule has 1 aromatic carbocycles. The lowest BCUT2D eigenvalue weighted by Gasteiger charge is -2.34. The van der Waals surface area contributed by atoms with Gasteiger partial charge < -0.3 is 4.90 Å². The van der Waals surface area contributed by atoms with E-state index in [1.165, 1.54) is 12.1 Å². The number of benzene rings is 1. The highest BCUT2D eigenvalue weighted by molar-refractivity contribution is 5.95. The SMILES string of the molecule is CCC(=O)N1CCC[C@@H](c2nc(C)c3c(n2)N(CCc2ccc(F)cc2)C(=O)CC3)C1. The number of piperidine rings is 1. The normalized spacial score (nSPS) is 18.8. The van der Waals surface area contributed by atoms with Gasteiger partial charge in [-0.25, -0.2) is 14.4 Å². The number of nitrogens with zero attached hydrogens (tertiary/aromatic N) is 4. The Labute approximate surface area is 182 Å². The van der Waals surface area contributed by atoms with E-state index in [0.717, 1.165) is 42.0 Å². The molecule has 1 fully saturated rings. The van der Waals surface area contributed by atoms with Crippen LogP contribution in [0.3, 0.4) is 0 Å². The average Bonchev–Trinajstić information content (AvgIpc) is 2.79. The van der Waals surface area contributed by atoms with Crippen LogP contribution in [0, 0.1) is 12.7 Å². The smallest absolute Gasteiger partial charge is 0.228 e. The first-order chi connectivity index (χ1) is 15.0. The van der Waals surface area contributed by atoms with Gasteiger partial charge in [-0.3, -0.25) is 14.5 Å². The van der Waals surface area contributed by atoms with Crippen molar-refractivity contribution in [3.8, 4) is 0 Å². The molecule has 4 rings (SSSR count). The van der Waals surface area contributed by atoms with Crippen LogP contribution in [0.25, 0.3) is 0 Å². The molecule has 1 atom stereocenters. The summed E-state index contributed by atoms with van der Waals surface area (Å²) in [6.45, 7) is 5.79. The van der Waals surface area contributed by atoms with Gasteiger partial charge in [-0.2, -0.15) is 0 Å². The quantitative estimate of drug-likeness (QED) is 0.736. The Balaban J connectivity index is 1.59. The monoisotopic (exact) mass is 424 g/mol. The summed E-state index contributed by atoms with van der Waals surface area (Å²) in [5, 5.41) is 0. The van der Waals surface area contributed by atoms with Crippen LogP contribution in [0.1, 0.15) is 61.2 Å². The highest BCUT2D eigenvalue weighted by Crippen LogP contribution is 2.32. The minimum atomic E-state index is -0.265. The van der Waals surface area contributed by atoms with Crippen molar-refractivity contribution in [1.29, 1.82) is 0 Å². The molecule has 2 aliphatic rings. The Morgan fingerprint density at radius 3 is 2.71 bits per heavy atom. The van der Waals surface area contributed by atoms with Crippen LogP contribution in [0.5, 0.6) is 0 Å². The predicted molar refractivity (Wildman–Crippen MR) is 116 cm³/mol. The number of halogens is 1. The van der Waals surface area contributed by atoms with Crippen molar-refractivity contribution in [2.24, 2.45) is 0 Å². The van der Waals surface area contributed by atoms with Crippen molar-refractivity contribution < 1.29 is 14.0 Å². The second-order valence-electron chi connectivity index (χ2n) is 8.42. The second-order valence-corrected chi connectivity index (χ2v) is 8.42. The summed E-state index contributed by atoms with van der Waals surface area (Å²) in [6, 6.07) is 6.39. The van der Waals surface area contributed by atoms with E-state index in [4.69, 9.17) is 9.97 Å². The minimum Gasteiger partial charge on any atom is -0.342 e. The van der Waals surface area contributed by atoms with E-state index in [0.29, 0.717) is 44.6 Å². The number of hydrogen-bond donors (Lipinski definition) is 0. The molecule has 6 nitrogen and oxygen atoms in total. The molecule has 0 bridgehead atoms. The zero-order valence-corrected chi connectivity index (χ0v) is 18.2. The van der Waals surface area contributed by atoms with E-state index < -0.39 is 0 Å². The number of rotatable bonds is 5. The first-order valence-electron chi connectivity index (χ1n) is 11.2.